The van der Waals surface area contributed by atoms with Gasteiger partial charge in [-0.15, -0.1) is 0 Å². The molecule has 0 aliphatic rings. The van der Waals surface area contributed by atoms with Gasteiger partial charge in [0.2, 0.25) is 0 Å². The molecule has 0 saturated carbocycles. The topological polar surface area (TPSA) is 20.2 Å². The molecule has 2 aromatic carbocycles. The normalized spacial score (nSPS) is 11.7. The summed E-state index contributed by atoms with van der Waals surface area (Å²) >= 11 is 4.33. The van der Waals surface area contributed by atoms with Crippen LogP contribution in [-0.2, 0) is 12.8 Å². The van der Waals surface area contributed by atoms with Gasteiger partial charge in [0.1, 0.15) is 0 Å². The third-order valence-electron chi connectivity index (χ3n) is 2.56. The first-order chi connectivity index (χ1) is 9.40. The van der Waals surface area contributed by atoms with E-state index in [2.05, 4.69) is 15.9 Å². The Bertz CT molecular complexity index is 614. The Hall–Kier alpha value is -0.980. The maximum Gasteiger partial charge on any atom is 0.417 e. The largest absolute Gasteiger partial charge is 0.417 e. The Morgan fingerprint density at radius 3 is 2.45 bits per heavy atom. The van der Waals surface area contributed by atoms with Gasteiger partial charge >= 0.3 is 6.18 Å². The molecule has 6 heteroatoms. The van der Waals surface area contributed by atoms with Crippen molar-refractivity contribution in [3.8, 4) is 0 Å². The maximum absolute atomic E-state index is 13.0. The number of halogens is 4. The predicted octanol–water partition coefficient (Wildman–Crippen LogP) is 5.11. The molecule has 0 aliphatic carbocycles. The van der Waals surface area contributed by atoms with Crippen LogP contribution < -0.4 is 0 Å². The van der Waals surface area contributed by atoms with E-state index in [4.69, 9.17) is 5.11 Å². The van der Waals surface area contributed by atoms with Crippen molar-refractivity contribution in [2.24, 2.45) is 0 Å². The van der Waals surface area contributed by atoms with E-state index >= 15 is 0 Å². The van der Waals surface area contributed by atoms with E-state index in [1.165, 1.54) is 12.1 Å². The number of hydrogen-bond acceptors (Lipinski definition) is 2. The predicted molar refractivity (Wildman–Crippen MR) is 75.6 cm³/mol. The molecule has 0 saturated heterocycles. The van der Waals surface area contributed by atoms with Crippen LogP contribution in [0.25, 0.3) is 0 Å². The molecule has 106 valence electrons. The molecule has 0 radical (unpaired) electrons. The molecule has 0 aliphatic heterocycles. The average molecular weight is 363 g/mol. The highest BCUT2D eigenvalue weighted by atomic mass is 79.9. The number of benzene rings is 2. The molecule has 0 fully saturated rings. The van der Waals surface area contributed by atoms with Crippen molar-refractivity contribution in [1.82, 2.24) is 0 Å². The zero-order valence-corrected chi connectivity index (χ0v) is 12.5. The van der Waals surface area contributed by atoms with Gasteiger partial charge < -0.3 is 5.11 Å². The van der Waals surface area contributed by atoms with Crippen LogP contribution in [0.2, 0.25) is 0 Å². The van der Waals surface area contributed by atoms with Crippen LogP contribution in [0.3, 0.4) is 0 Å². The number of aliphatic hydroxyl groups is 1. The van der Waals surface area contributed by atoms with Crippen molar-refractivity contribution < 1.29 is 18.3 Å². The maximum atomic E-state index is 13.0. The van der Waals surface area contributed by atoms with Gasteiger partial charge in [0.15, 0.2) is 0 Å². The van der Waals surface area contributed by atoms with Crippen LogP contribution in [0.15, 0.2) is 56.7 Å². The van der Waals surface area contributed by atoms with Crippen molar-refractivity contribution in [1.29, 1.82) is 0 Å². The zero-order valence-electron chi connectivity index (χ0n) is 10.1. The summed E-state index contributed by atoms with van der Waals surface area (Å²) in [6.07, 6.45) is -4.44. The zero-order chi connectivity index (χ0) is 14.8. The van der Waals surface area contributed by atoms with Gasteiger partial charge in [0, 0.05) is 14.3 Å². The fourth-order valence-corrected chi connectivity index (χ4v) is 3.20. The minimum Gasteiger partial charge on any atom is -0.392 e. The van der Waals surface area contributed by atoms with E-state index in [1.807, 2.05) is 6.07 Å². The Morgan fingerprint density at radius 1 is 1.10 bits per heavy atom. The third-order valence-corrected chi connectivity index (χ3v) is 4.11. The smallest absolute Gasteiger partial charge is 0.392 e. The van der Waals surface area contributed by atoms with Crippen LogP contribution in [-0.4, -0.2) is 5.11 Å². The molecule has 0 aromatic heterocycles. The SMILES string of the molecule is OCc1ccc(Sc2cccc(Br)c2)c(C(F)(F)F)c1. The molecule has 1 nitrogen and oxygen atoms in total. The van der Waals surface area contributed by atoms with Crippen LogP contribution >= 0.6 is 27.7 Å². The molecule has 2 aromatic rings. The third kappa shape index (κ3) is 3.77. The second-order valence-corrected chi connectivity index (χ2v) is 6.08. The van der Waals surface area contributed by atoms with Crippen molar-refractivity contribution >= 4 is 27.7 Å². The monoisotopic (exact) mass is 362 g/mol. The summed E-state index contributed by atoms with van der Waals surface area (Å²) in [5.74, 6) is 0. The van der Waals surface area contributed by atoms with Gasteiger partial charge in [-0.05, 0) is 35.9 Å². The van der Waals surface area contributed by atoms with Gasteiger partial charge in [0.05, 0.1) is 12.2 Å². The summed E-state index contributed by atoms with van der Waals surface area (Å²) in [4.78, 5) is 0.828. The van der Waals surface area contributed by atoms with E-state index in [0.29, 0.717) is 4.90 Å². The standard InChI is InChI=1S/C14H10BrF3OS/c15-10-2-1-3-11(7-10)20-13-5-4-9(8-19)6-12(13)14(16,17)18/h1-7,19H,8H2. The summed E-state index contributed by atoms with van der Waals surface area (Å²) in [7, 11) is 0. The molecule has 1 N–H and O–H groups in total. The molecule has 0 atom stereocenters. The van der Waals surface area contributed by atoms with E-state index < -0.39 is 18.3 Å². The quantitative estimate of drug-likeness (QED) is 0.818. The van der Waals surface area contributed by atoms with Crippen molar-refractivity contribution in [3.63, 3.8) is 0 Å². The van der Waals surface area contributed by atoms with Gasteiger partial charge in [-0.2, -0.15) is 13.2 Å². The Morgan fingerprint density at radius 2 is 1.85 bits per heavy atom. The lowest BCUT2D eigenvalue weighted by Gasteiger charge is -2.13. The van der Waals surface area contributed by atoms with E-state index in [9.17, 15) is 13.2 Å². The van der Waals surface area contributed by atoms with Crippen LogP contribution in [0.5, 0.6) is 0 Å². The van der Waals surface area contributed by atoms with E-state index in [1.54, 1.807) is 18.2 Å². The summed E-state index contributed by atoms with van der Waals surface area (Å²) in [6, 6.07) is 10.9. The fraction of sp³-hybridized carbons (Fsp3) is 0.143. The lowest BCUT2D eigenvalue weighted by atomic mass is 10.1. The first kappa shape index (κ1) is 15.4. The van der Waals surface area contributed by atoms with Gasteiger partial charge in [0.25, 0.3) is 0 Å². The molecule has 0 unspecified atom stereocenters. The van der Waals surface area contributed by atoms with Crippen molar-refractivity contribution in [2.75, 3.05) is 0 Å². The van der Waals surface area contributed by atoms with Crippen molar-refractivity contribution in [2.45, 2.75) is 22.6 Å². The van der Waals surface area contributed by atoms with Gasteiger partial charge in [-0.25, -0.2) is 0 Å². The average Bonchev–Trinajstić information content (AvgIpc) is 2.38. The number of aliphatic hydroxyl groups excluding tert-OH is 1. The first-order valence-corrected chi connectivity index (χ1v) is 7.25. The molecular formula is C14H10BrF3OS. The molecular weight excluding hydrogens is 353 g/mol. The lowest BCUT2D eigenvalue weighted by Crippen LogP contribution is -2.07. The second kappa shape index (κ2) is 6.20. The van der Waals surface area contributed by atoms with Crippen LogP contribution in [0, 0.1) is 0 Å². The fourth-order valence-electron chi connectivity index (χ4n) is 1.64. The van der Waals surface area contributed by atoms with Gasteiger partial charge in [-0.3, -0.25) is 0 Å². The highest BCUT2D eigenvalue weighted by Gasteiger charge is 2.33. The molecule has 0 amide bonds. The van der Waals surface area contributed by atoms with E-state index in [-0.39, 0.29) is 10.5 Å². The summed E-state index contributed by atoms with van der Waals surface area (Å²) < 4.78 is 39.9. The highest BCUT2D eigenvalue weighted by Crippen LogP contribution is 2.40. The summed E-state index contributed by atoms with van der Waals surface area (Å²) in [5.41, 5.74) is -0.482. The van der Waals surface area contributed by atoms with Crippen LogP contribution in [0.4, 0.5) is 13.2 Å². The Labute approximate surface area is 126 Å². The Balaban J connectivity index is 2.41. The number of alkyl halides is 3. The molecule has 0 heterocycles. The first-order valence-electron chi connectivity index (χ1n) is 5.64. The molecule has 20 heavy (non-hydrogen) atoms. The number of hydrogen-bond donors (Lipinski definition) is 1. The molecule has 0 bridgehead atoms. The van der Waals surface area contributed by atoms with Gasteiger partial charge in [-0.1, -0.05) is 39.8 Å². The van der Waals surface area contributed by atoms with E-state index in [0.717, 1.165) is 22.3 Å². The second-order valence-electron chi connectivity index (χ2n) is 4.05. The summed E-state index contributed by atoms with van der Waals surface area (Å²) in [5, 5.41) is 8.96. The summed E-state index contributed by atoms with van der Waals surface area (Å²) in [6.45, 7) is -0.412. The molecule has 2 rings (SSSR count). The minimum absolute atomic E-state index is 0.118. The highest BCUT2D eigenvalue weighted by molar-refractivity contribution is 9.10. The van der Waals surface area contributed by atoms with Crippen LogP contribution in [0.1, 0.15) is 11.1 Å². The Kier molecular flexibility index (Phi) is 4.78. The van der Waals surface area contributed by atoms with Crippen molar-refractivity contribution in [3.05, 3.63) is 58.1 Å². The molecule has 0 spiro atoms. The minimum atomic E-state index is -4.44. The lowest BCUT2D eigenvalue weighted by molar-refractivity contribution is -0.139. The number of rotatable bonds is 3.